The van der Waals surface area contributed by atoms with Crippen LogP contribution in [0.25, 0.3) is 0 Å². The Kier molecular flexibility index (Phi) is 10.8. The minimum absolute atomic E-state index is 0.140. The summed E-state index contributed by atoms with van der Waals surface area (Å²) in [6.45, 7) is 11.8. The van der Waals surface area contributed by atoms with Gasteiger partial charge in [0, 0.05) is 18.7 Å². The number of hydrogen-bond donors (Lipinski definition) is 0. The van der Waals surface area contributed by atoms with E-state index >= 15 is 0 Å². The minimum atomic E-state index is 0.140. The number of unbranched alkanes of at least 4 members (excludes halogenated alkanes) is 6. The fourth-order valence-corrected chi connectivity index (χ4v) is 2.04. The largest absolute Gasteiger partial charge is 0.339 e. The summed E-state index contributed by atoms with van der Waals surface area (Å²) in [5.41, 5.74) is 0.667. The molecule has 0 fully saturated rings. The number of hydrogen-bond acceptors (Lipinski definition) is 1. The van der Waals surface area contributed by atoms with Crippen molar-refractivity contribution in [2.45, 2.75) is 72.1 Å². The fourth-order valence-electron chi connectivity index (χ4n) is 2.04. The van der Waals surface area contributed by atoms with Crippen molar-refractivity contribution in [2.24, 2.45) is 0 Å². The van der Waals surface area contributed by atoms with Crippen molar-refractivity contribution >= 4 is 5.91 Å². The van der Waals surface area contributed by atoms with Crippen LogP contribution in [0.1, 0.15) is 72.1 Å². The Morgan fingerprint density at radius 3 is 1.83 bits per heavy atom. The summed E-state index contributed by atoms with van der Waals surface area (Å²) in [7, 11) is 0. The number of rotatable bonds is 11. The zero-order chi connectivity index (χ0) is 13.8. The van der Waals surface area contributed by atoms with Crippen LogP contribution in [0, 0.1) is 0 Å². The smallest absolute Gasteiger partial charge is 0.248 e. The van der Waals surface area contributed by atoms with Gasteiger partial charge in [-0.15, -0.1) is 0 Å². The first-order chi connectivity index (χ1) is 8.63. The summed E-state index contributed by atoms with van der Waals surface area (Å²) in [6.07, 6.45) is 9.76. The number of carbonyl (C=O) groups is 1. The fraction of sp³-hybridized carbons (Fsp3) is 0.812. The second-order valence-corrected chi connectivity index (χ2v) is 5.19. The summed E-state index contributed by atoms with van der Waals surface area (Å²) in [4.78, 5) is 14.0. The second-order valence-electron chi connectivity index (χ2n) is 5.19. The van der Waals surface area contributed by atoms with Gasteiger partial charge in [-0.1, -0.05) is 59.0 Å². The first-order valence-corrected chi connectivity index (χ1v) is 7.58. The molecule has 0 bridgehead atoms. The van der Waals surface area contributed by atoms with Gasteiger partial charge in [0.05, 0.1) is 0 Å². The number of carbonyl (C=O) groups excluding carboxylic acids is 1. The molecule has 0 aromatic carbocycles. The molecule has 0 aromatic heterocycles. The first-order valence-electron chi connectivity index (χ1n) is 7.58. The van der Waals surface area contributed by atoms with E-state index in [9.17, 15) is 4.79 Å². The van der Waals surface area contributed by atoms with Crippen molar-refractivity contribution in [1.29, 1.82) is 0 Å². The van der Waals surface area contributed by atoms with E-state index in [2.05, 4.69) is 20.4 Å². The van der Waals surface area contributed by atoms with Gasteiger partial charge in [0.15, 0.2) is 0 Å². The molecule has 0 heterocycles. The van der Waals surface area contributed by atoms with Crippen LogP contribution < -0.4 is 0 Å². The lowest BCUT2D eigenvalue weighted by Crippen LogP contribution is -2.33. The first kappa shape index (κ1) is 17.2. The van der Waals surface area contributed by atoms with Crippen molar-refractivity contribution in [3.8, 4) is 0 Å². The van der Waals surface area contributed by atoms with Crippen LogP contribution >= 0.6 is 0 Å². The molecule has 0 aliphatic rings. The predicted molar refractivity (Wildman–Crippen MR) is 79.7 cm³/mol. The second kappa shape index (κ2) is 11.3. The molecule has 0 radical (unpaired) electrons. The van der Waals surface area contributed by atoms with Gasteiger partial charge >= 0.3 is 0 Å². The summed E-state index contributed by atoms with van der Waals surface area (Å²) in [6, 6.07) is 0. The Morgan fingerprint density at radius 1 is 0.889 bits per heavy atom. The average molecular weight is 253 g/mol. The van der Waals surface area contributed by atoms with E-state index < -0.39 is 0 Å². The van der Waals surface area contributed by atoms with Gasteiger partial charge in [-0.2, -0.15) is 0 Å². The van der Waals surface area contributed by atoms with Gasteiger partial charge in [-0.3, -0.25) is 4.79 Å². The van der Waals surface area contributed by atoms with Crippen molar-refractivity contribution in [1.82, 2.24) is 4.90 Å². The Hall–Kier alpha value is -0.790. The molecule has 0 aliphatic heterocycles. The van der Waals surface area contributed by atoms with Gasteiger partial charge in [0.25, 0.3) is 0 Å². The maximum absolute atomic E-state index is 12.0. The molecule has 0 rings (SSSR count). The van der Waals surface area contributed by atoms with Gasteiger partial charge < -0.3 is 4.90 Å². The van der Waals surface area contributed by atoms with Gasteiger partial charge in [0.1, 0.15) is 0 Å². The predicted octanol–water partition coefficient (Wildman–Crippen LogP) is 4.55. The van der Waals surface area contributed by atoms with Crippen LogP contribution in [0.5, 0.6) is 0 Å². The average Bonchev–Trinajstić information content (AvgIpc) is 2.35. The summed E-state index contributed by atoms with van der Waals surface area (Å²) >= 11 is 0. The summed E-state index contributed by atoms with van der Waals surface area (Å²) in [5.74, 6) is 0.140. The number of nitrogens with zero attached hydrogens (tertiary/aromatic N) is 1. The minimum Gasteiger partial charge on any atom is -0.339 e. The summed E-state index contributed by atoms with van der Waals surface area (Å²) in [5, 5.41) is 0. The van der Waals surface area contributed by atoms with E-state index in [1.807, 2.05) is 11.8 Å². The van der Waals surface area contributed by atoms with Crippen LogP contribution in [0.15, 0.2) is 12.2 Å². The van der Waals surface area contributed by atoms with Crippen molar-refractivity contribution in [2.75, 3.05) is 13.1 Å². The summed E-state index contributed by atoms with van der Waals surface area (Å²) < 4.78 is 0. The zero-order valence-electron chi connectivity index (χ0n) is 12.6. The van der Waals surface area contributed by atoms with Gasteiger partial charge in [-0.25, -0.2) is 0 Å². The molecular weight excluding hydrogens is 222 g/mol. The Bertz CT molecular complexity index is 235. The molecule has 0 aliphatic carbocycles. The monoisotopic (exact) mass is 253 g/mol. The third-order valence-electron chi connectivity index (χ3n) is 3.22. The van der Waals surface area contributed by atoms with E-state index in [0.29, 0.717) is 5.57 Å². The molecule has 2 heteroatoms. The van der Waals surface area contributed by atoms with Crippen LogP contribution in [0.4, 0.5) is 0 Å². The highest BCUT2D eigenvalue weighted by Gasteiger charge is 2.12. The van der Waals surface area contributed by atoms with E-state index in [4.69, 9.17) is 0 Å². The standard InChI is InChI=1S/C16H31NO/c1-5-7-9-10-12-14-17(13-11-8-6-2)16(18)15(3)4/h3,5-14H2,1-2,4H3. The molecule has 18 heavy (non-hydrogen) atoms. The normalized spacial score (nSPS) is 10.4. The molecule has 106 valence electrons. The Balaban J connectivity index is 3.96. The quantitative estimate of drug-likeness (QED) is 0.391. The third-order valence-corrected chi connectivity index (χ3v) is 3.22. The molecular formula is C16H31NO. The zero-order valence-corrected chi connectivity index (χ0v) is 12.6. The SMILES string of the molecule is C=C(C)C(=O)N(CCCCC)CCCCCCC. The van der Waals surface area contributed by atoms with Gasteiger partial charge in [0.2, 0.25) is 5.91 Å². The van der Waals surface area contributed by atoms with Crippen LogP contribution in [-0.2, 0) is 4.79 Å². The molecule has 1 amide bonds. The van der Waals surface area contributed by atoms with E-state index in [1.54, 1.807) is 0 Å². The van der Waals surface area contributed by atoms with Crippen molar-refractivity contribution < 1.29 is 4.79 Å². The van der Waals surface area contributed by atoms with E-state index in [-0.39, 0.29) is 5.91 Å². The van der Waals surface area contributed by atoms with Crippen LogP contribution in [0.2, 0.25) is 0 Å². The molecule has 0 spiro atoms. The maximum Gasteiger partial charge on any atom is 0.248 e. The highest BCUT2D eigenvalue weighted by atomic mass is 16.2. The van der Waals surface area contributed by atoms with E-state index in [0.717, 1.165) is 25.9 Å². The van der Waals surface area contributed by atoms with E-state index in [1.165, 1.54) is 38.5 Å². The third kappa shape index (κ3) is 8.32. The molecule has 2 nitrogen and oxygen atoms in total. The topological polar surface area (TPSA) is 20.3 Å². The lowest BCUT2D eigenvalue weighted by Gasteiger charge is -2.22. The molecule has 0 N–H and O–H groups in total. The Labute approximate surface area is 113 Å². The van der Waals surface area contributed by atoms with Crippen molar-refractivity contribution in [3.05, 3.63) is 12.2 Å². The highest BCUT2D eigenvalue weighted by Crippen LogP contribution is 2.08. The molecule has 0 saturated heterocycles. The van der Waals surface area contributed by atoms with Gasteiger partial charge in [-0.05, 0) is 19.8 Å². The Morgan fingerprint density at radius 2 is 1.33 bits per heavy atom. The highest BCUT2D eigenvalue weighted by molar-refractivity contribution is 5.92. The maximum atomic E-state index is 12.0. The molecule has 0 atom stereocenters. The molecule has 0 unspecified atom stereocenters. The number of amides is 1. The van der Waals surface area contributed by atoms with Crippen LogP contribution in [0.3, 0.4) is 0 Å². The molecule has 0 saturated carbocycles. The van der Waals surface area contributed by atoms with Crippen LogP contribution in [-0.4, -0.2) is 23.9 Å². The lowest BCUT2D eigenvalue weighted by atomic mass is 10.1. The van der Waals surface area contributed by atoms with Crippen molar-refractivity contribution in [3.63, 3.8) is 0 Å². The lowest BCUT2D eigenvalue weighted by molar-refractivity contribution is -0.127. The molecule has 0 aromatic rings.